The molecule has 1 aromatic carbocycles. The lowest BCUT2D eigenvalue weighted by molar-refractivity contribution is -0.385. The van der Waals surface area contributed by atoms with Crippen LogP contribution >= 0.6 is 0 Å². The lowest BCUT2D eigenvalue weighted by Gasteiger charge is -2.13. The summed E-state index contributed by atoms with van der Waals surface area (Å²) in [4.78, 5) is 10.5. The van der Waals surface area contributed by atoms with Crippen molar-refractivity contribution in [1.29, 1.82) is 0 Å². The van der Waals surface area contributed by atoms with Crippen LogP contribution in [0.5, 0.6) is 0 Å². The molecule has 1 unspecified atom stereocenters. The molecule has 1 aromatic heterocycles. The van der Waals surface area contributed by atoms with Gasteiger partial charge in [-0.15, -0.1) is 0 Å². The Kier molecular flexibility index (Phi) is 3.55. The Morgan fingerprint density at radius 2 is 2.00 bits per heavy atom. The second kappa shape index (κ2) is 5.14. The fourth-order valence-electron chi connectivity index (χ4n) is 1.90. The lowest BCUT2D eigenvalue weighted by Crippen LogP contribution is -2.06. The van der Waals surface area contributed by atoms with Gasteiger partial charge < -0.3 is 9.73 Å². The number of furan rings is 1. The number of hydrogen-bond donors (Lipinski definition) is 1. The molecule has 0 radical (unpaired) electrons. The van der Waals surface area contributed by atoms with Crippen LogP contribution in [-0.4, -0.2) is 4.92 Å². The predicted octanol–water partition coefficient (Wildman–Crippen LogP) is 3.98. The van der Waals surface area contributed by atoms with E-state index in [1.807, 2.05) is 32.0 Å². The van der Waals surface area contributed by atoms with Crippen LogP contribution < -0.4 is 5.32 Å². The van der Waals surface area contributed by atoms with Gasteiger partial charge in [0, 0.05) is 17.3 Å². The monoisotopic (exact) mass is 260 g/mol. The van der Waals surface area contributed by atoms with E-state index in [-0.39, 0.29) is 16.7 Å². The zero-order valence-electron chi connectivity index (χ0n) is 11.1. The summed E-state index contributed by atoms with van der Waals surface area (Å²) in [6, 6.07) is 8.85. The number of nitro groups is 1. The highest BCUT2D eigenvalue weighted by Crippen LogP contribution is 2.26. The average Bonchev–Trinajstić information content (AvgIpc) is 2.78. The van der Waals surface area contributed by atoms with Crippen LogP contribution in [0.1, 0.15) is 30.0 Å². The van der Waals surface area contributed by atoms with Gasteiger partial charge in [-0.05, 0) is 39.0 Å². The molecule has 2 rings (SSSR count). The lowest BCUT2D eigenvalue weighted by atomic mass is 10.1. The molecular formula is C14H16N2O3. The summed E-state index contributed by atoms with van der Waals surface area (Å²) in [7, 11) is 0. The van der Waals surface area contributed by atoms with Gasteiger partial charge in [0.15, 0.2) is 0 Å². The van der Waals surface area contributed by atoms with Crippen molar-refractivity contribution in [1.82, 2.24) is 0 Å². The number of aryl methyl sites for hydroxylation is 2. The molecule has 0 saturated carbocycles. The molecule has 0 bridgehead atoms. The topological polar surface area (TPSA) is 68.3 Å². The predicted molar refractivity (Wildman–Crippen MR) is 73.3 cm³/mol. The molecule has 0 spiro atoms. The third-order valence-electron chi connectivity index (χ3n) is 2.98. The van der Waals surface area contributed by atoms with Crippen molar-refractivity contribution >= 4 is 11.4 Å². The first kappa shape index (κ1) is 13.1. The van der Waals surface area contributed by atoms with Crippen LogP contribution in [0.15, 0.2) is 34.7 Å². The third-order valence-corrected chi connectivity index (χ3v) is 2.98. The summed E-state index contributed by atoms with van der Waals surface area (Å²) in [5, 5.41) is 14.1. The fraction of sp³-hybridized carbons (Fsp3) is 0.286. The Bertz CT molecular complexity index is 604. The number of rotatable bonds is 4. The molecule has 1 atom stereocenters. The maximum absolute atomic E-state index is 10.9. The maximum atomic E-state index is 10.9. The molecule has 0 amide bonds. The van der Waals surface area contributed by atoms with Crippen LogP contribution in [0, 0.1) is 24.0 Å². The highest BCUT2D eigenvalue weighted by atomic mass is 16.6. The highest BCUT2D eigenvalue weighted by molar-refractivity contribution is 5.55. The zero-order chi connectivity index (χ0) is 14.0. The largest absolute Gasteiger partial charge is 0.464 e. The number of nitrogens with one attached hydrogen (secondary N) is 1. The molecule has 1 heterocycles. The number of nitrogens with zero attached hydrogens (tertiary/aromatic N) is 1. The van der Waals surface area contributed by atoms with E-state index in [0.717, 1.165) is 11.5 Å². The minimum Gasteiger partial charge on any atom is -0.464 e. The third kappa shape index (κ3) is 2.93. The van der Waals surface area contributed by atoms with Crippen LogP contribution in [0.3, 0.4) is 0 Å². The van der Waals surface area contributed by atoms with Gasteiger partial charge in [-0.3, -0.25) is 10.1 Å². The molecule has 5 heteroatoms. The molecule has 100 valence electrons. The Labute approximate surface area is 111 Å². The Morgan fingerprint density at radius 3 is 2.58 bits per heavy atom. The first-order valence-electron chi connectivity index (χ1n) is 6.05. The molecule has 0 aliphatic carbocycles. The zero-order valence-corrected chi connectivity index (χ0v) is 11.1. The van der Waals surface area contributed by atoms with Crippen LogP contribution in [0.2, 0.25) is 0 Å². The van der Waals surface area contributed by atoms with E-state index in [1.54, 1.807) is 19.1 Å². The summed E-state index contributed by atoms with van der Waals surface area (Å²) in [6.07, 6.45) is 0. The molecule has 19 heavy (non-hydrogen) atoms. The summed E-state index contributed by atoms with van der Waals surface area (Å²) in [5.74, 6) is 1.65. The number of nitro benzene ring substituents is 1. The van der Waals surface area contributed by atoms with Gasteiger partial charge in [-0.2, -0.15) is 0 Å². The maximum Gasteiger partial charge on any atom is 0.274 e. The van der Waals surface area contributed by atoms with E-state index in [9.17, 15) is 10.1 Å². The van der Waals surface area contributed by atoms with Crippen molar-refractivity contribution in [3.8, 4) is 0 Å². The van der Waals surface area contributed by atoms with Crippen molar-refractivity contribution in [3.05, 3.63) is 57.5 Å². The van der Waals surface area contributed by atoms with Gasteiger partial charge >= 0.3 is 0 Å². The number of hydrogen-bond acceptors (Lipinski definition) is 4. The molecule has 0 aliphatic rings. The Hall–Kier alpha value is -2.30. The van der Waals surface area contributed by atoms with Gasteiger partial charge in [0.2, 0.25) is 0 Å². The summed E-state index contributed by atoms with van der Waals surface area (Å²) < 4.78 is 5.52. The second-order valence-electron chi connectivity index (χ2n) is 4.57. The van der Waals surface area contributed by atoms with Crippen molar-refractivity contribution in [2.45, 2.75) is 26.8 Å². The number of benzene rings is 1. The molecule has 2 aromatic rings. The van der Waals surface area contributed by atoms with Gasteiger partial charge in [0.05, 0.1) is 11.0 Å². The van der Waals surface area contributed by atoms with Gasteiger partial charge in [-0.1, -0.05) is 6.07 Å². The van der Waals surface area contributed by atoms with E-state index < -0.39 is 0 Å². The van der Waals surface area contributed by atoms with Gasteiger partial charge in [-0.25, -0.2) is 0 Å². The first-order valence-corrected chi connectivity index (χ1v) is 6.05. The van der Waals surface area contributed by atoms with Gasteiger partial charge in [0.1, 0.15) is 11.5 Å². The molecular weight excluding hydrogens is 244 g/mol. The SMILES string of the molecule is Cc1ccc(C(C)Nc2ccc(C)c([N+](=O)[O-])c2)o1. The van der Waals surface area contributed by atoms with Gasteiger partial charge in [0.25, 0.3) is 5.69 Å². The van der Waals surface area contributed by atoms with Crippen molar-refractivity contribution in [2.75, 3.05) is 5.32 Å². The minimum atomic E-state index is -0.373. The molecule has 0 fully saturated rings. The molecule has 5 nitrogen and oxygen atoms in total. The smallest absolute Gasteiger partial charge is 0.274 e. The molecule has 1 N–H and O–H groups in total. The van der Waals surface area contributed by atoms with Crippen molar-refractivity contribution < 1.29 is 9.34 Å². The summed E-state index contributed by atoms with van der Waals surface area (Å²) in [5.41, 5.74) is 1.48. The van der Waals surface area contributed by atoms with E-state index in [2.05, 4.69) is 5.32 Å². The Balaban J connectivity index is 2.19. The Morgan fingerprint density at radius 1 is 1.26 bits per heavy atom. The summed E-state index contributed by atoms with van der Waals surface area (Å²) in [6.45, 7) is 5.55. The van der Waals surface area contributed by atoms with E-state index in [1.165, 1.54) is 0 Å². The van der Waals surface area contributed by atoms with Crippen LogP contribution in [0.25, 0.3) is 0 Å². The minimum absolute atomic E-state index is 0.0454. The summed E-state index contributed by atoms with van der Waals surface area (Å²) >= 11 is 0. The van der Waals surface area contributed by atoms with E-state index >= 15 is 0 Å². The highest BCUT2D eigenvalue weighted by Gasteiger charge is 2.14. The number of anilines is 1. The average molecular weight is 260 g/mol. The second-order valence-corrected chi connectivity index (χ2v) is 4.57. The standard InChI is InChI=1S/C14H16N2O3/c1-9-4-6-12(8-13(9)16(17)18)15-11(3)14-7-5-10(2)19-14/h4-8,11,15H,1-3H3. The molecule has 0 aliphatic heterocycles. The van der Waals surface area contributed by atoms with Crippen molar-refractivity contribution in [2.24, 2.45) is 0 Å². The van der Waals surface area contributed by atoms with Crippen LogP contribution in [-0.2, 0) is 0 Å². The quantitative estimate of drug-likeness (QED) is 0.667. The van der Waals surface area contributed by atoms with E-state index in [4.69, 9.17) is 4.42 Å². The fourth-order valence-corrected chi connectivity index (χ4v) is 1.90. The van der Waals surface area contributed by atoms with Crippen LogP contribution in [0.4, 0.5) is 11.4 Å². The normalized spacial score (nSPS) is 12.2. The molecule has 0 saturated heterocycles. The first-order chi connectivity index (χ1) is 8.97. The van der Waals surface area contributed by atoms with Crippen molar-refractivity contribution in [3.63, 3.8) is 0 Å². The van der Waals surface area contributed by atoms with E-state index in [0.29, 0.717) is 11.3 Å².